The number of carbonyl (C=O) groups is 2. The highest BCUT2D eigenvalue weighted by molar-refractivity contribution is 6.48. The molecule has 1 amide bonds. The van der Waals surface area contributed by atoms with Gasteiger partial charge >= 0.3 is 13.1 Å². The Kier molecular flexibility index (Phi) is 7.15. The fraction of sp³-hybridized carbons (Fsp3) is 0.643. The number of ether oxygens (including phenoxy) is 2. The van der Waals surface area contributed by atoms with E-state index in [0.29, 0.717) is 35.4 Å². The van der Waals surface area contributed by atoms with Crippen molar-refractivity contribution in [3.63, 3.8) is 0 Å². The number of nitrogen functional groups attached to an aromatic ring is 1. The van der Waals surface area contributed by atoms with E-state index in [1.165, 1.54) is 7.11 Å². The Morgan fingerprint density at radius 3 is 2.65 bits per heavy atom. The molecule has 1 saturated heterocycles. The number of benzene rings is 1. The first-order valence-corrected chi connectivity index (χ1v) is 13.9. The maximum Gasteiger partial charge on any atom is 0.482 e. The number of amides is 1. The molecule has 216 valence electrons. The smallest absolute Gasteiger partial charge is 0.482 e. The van der Waals surface area contributed by atoms with Crippen LogP contribution >= 0.6 is 0 Å². The minimum atomic E-state index is -0.691. The van der Waals surface area contributed by atoms with Gasteiger partial charge in [0.25, 0.3) is 0 Å². The van der Waals surface area contributed by atoms with E-state index in [4.69, 9.17) is 24.5 Å². The van der Waals surface area contributed by atoms with Gasteiger partial charge in [-0.15, -0.1) is 5.10 Å². The Morgan fingerprint density at radius 2 is 2.02 bits per heavy atom. The third kappa shape index (κ3) is 5.19. The van der Waals surface area contributed by atoms with Crippen LogP contribution in [-0.2, 0) is 31.7 Å². The van der Waals surface area contributed by atoms with Gasteiger partial charge in [-0.3, -0.25) is 9.89 Å². The summed E-state index contributed by atoms with van der Waals surface area (Å²) >= 11 is 0. The van der Waals surface area contributed by atoms with Crippen molar-refractivity contribution in [2.24, 2.45) is 17.3 Å². The van der Waals surface area contributed by atoms with Crippen LogP contribution in [0.2, 0.25) is 0 Å². The number of para-hydroxylation sites is 1. The van der Waals surface area contributed by atoms with Crippen molar-refractivity contribution < 1.29 is 28.4 Å². The summed E-state index contributed by atoms with van der Waals surface area (Å²) in [5.74, 6) is 0.436. The summed E-state index contributed by atoms with van der Waals surface area (Å²) < 4.78 is 24.6. The van der Waals surface area contributed by atoms with Crippen LogP contribution in [0, 0.1) is 17.3 Å². The van der Waals surface area contributed by atoms with E-state index in [1.54, 1.807) is 12.1 Å². The largest absolute Gasteiger partial charge is 0.496 e. The molecule has 1 aliphatic heterocycles. The average Bonchev–Trinajstić information content (AvgIpc) is 3.43. The lowest BCUT2D eigenvalue weighted by molar-refractivity contribution is -0.199. The lowest BCUT2D eigenvalue weighted by atomic mass is 9.43. The van der Waals surface area contributed by atoms with E-state index >= 15 is 0 Å². The average molecular weight is 553 g/mol. The van der Waals surface area contributed by atoms with E-state index in [2.05, 4.69) is 41.3 Å². The van der Waals surface area contributed by atoms with Crippen LogP contribution in [0.1, 0.15) is 76.1 Å². The Hall–Kier alpha value is -3.12. The Balaban J connectivity index is 1.42. The van der Waals surface area contributed by atoms with Crippen molar-refractivity contribution in [3.05, 3.63) is 35.2 Å². The topological polar surface area (TPSA) is 151 Å². The zero-order valence-corrected chi connectivity index (χ0v) is 24.4. The number of esters is 1. The van der Waals surface area contributed by atoms with Gasteiger partial charge in [0, 0.05) is 0 Å². The molecule has 5 atom stereocenters. The normalized spacial score (nSPS) is 27.4. The van der Waals surface area contributed by atoms with Crippen LogP contribution in [0.5, 0.6) is 5.75 Å². The molecule has 3 aliphatic carbocycles. The van der Waals surface area contributed by atoms with Gasteiger partial charge in [-0.25, -0.2) is 4.79 Å². The van der Waals surface area contributed by atoms with Gasteiger partial charge in [0.2, 0.25) is 11.9 Å². The highest BCUT2D eigenvalue weighted by Crippen LogP contribution is 2.65. The summed E-state index contributed by atoms with van der Waals surface area (Å²) in [7, 11) is 0.825. The van der Waals surface area contributed by atoms with Crippen molar-refractivity contribution in [1.29, 1.82) is 0 Å². The second kappa shape index (κ2) is 10.1. The van der Waals surface area contributed by atoms with Crippen molar-refractivity contribution >= 4 is 24.9 Å². The number of methoxy groups -OCH3 is 1. The molecule has 4 N–H and O–H groups in total. The zero-order chi connectivity index (χ0) is 29.0. The lowest BCUT2D eigenvalue weighted by Gasteiger charge is -2.64. The molecule has 1 aromatic heterocycles. The number of anilines is 1. The number of aromatic amines is 1. The first-order chi connectivity index (χ1) is 18.7. The van der Waals surface area contributed by atoms with Crippen molar-refractivity contribution in [1.82, 2.24) is 20.5 Å². The van der Waals surface area contributed by atoms with Crippen molar-refractivity contribution in [2.75, 3.05) is 12.8 Å². The van der Waals surface area contributed by atoms with Crippen LogP contribution < -0.4 is 15.8 Å². The quantitative estimate of drug-likeness (QED) is 0.331. The maximum atomic E-state index is 13.2. The number of H-pyrrole nitrogens is 1. The Morgan fingerprint density at radius 1 is 1.27 bits per heavy atom. The molecule has 2 aromatic rings. The summed E-state index contributed by atoms with van der Waals surface area (Å²) in [6, 6.07) is 5.32. The molecule has 4 aliphatic rings. The van der Waals surface area contributed by atoms with Crippen LogP contribution in [0.15, 0.2) is 18.2 Å². The molecule has 2 bridgehead atoms. The number of nitrogens with one attached hydrogen (secondary N) is 2. The standard InChI is InChI=1S/C28H40BN5O6/c1-26(2,3)38-24(36)17-10-8-9-15(23(17)37-7)11-20(31-22(35)14-21-32-25(30)34-33-21)29-39-19-13-16-12-18(27(16,4)5)28(19,6)40-29/h8-10,16,18-20H,11-14H2,1-7H3,(H,31,35)(H3,30,32,33,34)/t16-,18-,19+,20?,28-/m0/s1. The third-order valence-corrected chi connectivity index (χ3v) is 8.88. The fourth-order valence-electron chi connectivity index (χ4n) is 6.80. The molecule has 1 aromatic carbocycles. The minimum absolute atomic E-state index is 0.0407. The maximum absolute atomic E-state index is 13.2. The fourth-order valence-corrected chi connectivity index (χ4v) is 6.80. The lowest BCUT2D eigenvalue weighted by Crippen LogP contribution is -2.65. The molecule has 6 rings (SSSR count). The molecular weight excluding hydrogens is 513 g/mol. The number of hydrogen-bond donors (Lipinski definition) is 3. The van der Waals surface area contributed by atoms with Gasteiger partial charge in [0.1, 0.15) is 22.7 Å². The van der Waals surface area contributed by atoms with E-state index in [1.807, 2.05) is 26.8 Å². The van der Waals surface area contributed by atoms with Crippen LogP contribution in [0.25, 0.3) is 0 Å². The van der Waals surface area contributed by atoms with Crippen LogP contribution in [0.4, 0.5) is 5.95 Å². The van der Waals surface area contributed by atoms with E-state index in [-0.39, 0.29) is 29.8 Å². The van der Waals surface area contributed by atoms with Gasteiger partial charge < -0.3 is 29.8 Å². The SMILES string of the molecule is COc1c(CC(NC(=O)Cc2nc(N)n[nH]2)B2O[C@@H]3C[C@@H]4C[C@@H](C4(C)C)[C@]3(C)O2)cccc1C(=O)OC(C)(C)C. The Labute approximate surface area is 235 Å². The molecule has 1 unspecified atom stereocenters. The number of nitrogens with two attached hydrogens (primary N) is 1. The molecule has 2 heterocycles. The molecular formula is C28H40BN5O6. The van der Waals surface area contributed by atoms with Gasteiger partial charge in [0.05, 0.1) is 31.2 Å². The highest BCUT2D eigenvalue weighted by atomic mass is 16.7. The number of nitrogens with zero attached hydrogens (tertiary/aromatic N) is 2. The number of hydrogen-bond acceptors (Lipinski definition) is 9. The summed E-state index contributed by atoms with van der Waals surface area (Å²) in [4.78, 5) is 30.2. The van der Waals surface area contributed by atoms with Crippen molar-refractivity contribution in [2.45, 2.75) is 90.5 Å². The third-order valence-electron chi connectivity index (χ3n) is 8.88. The minimum Gasteiger partial charge on any atom is -0.496 e. The second-order valence-corrected chi connectivity index (χ2v) is 13.0. The van der Waals surface area contributed by atoms with Crippen molar-refractivity contribution in [3.8, 4) is 5.75 Å². The summed E-state index contributed by atoms with van der Waals surface area (Å²) in [5.41, 5.74) is 5.71. The summed E-state index contributed by atoms with van der Waals surface area (Å²) in [6.07, 6.45) is 2.24. The molecule has 3 saturated carbocycles. The van der Waals surface area contributed by atoms with E-state index in [9.17, 15) is 9.59 Å². The molecule has 12 heteroatoms. The first-order valence-electron chi connectivity index (χ1n) is 13.9. The van der Waals surface area contributed by atoms with Gasteiger partial charge in [-0.1, -0.05) is 26.0 Å². The number of carbonyl (C=O) groups excluding carboxylic acids is 2. The molecule has 0 spiro atoms. The van der Waals surface area contributed by atoms with Crippen LogP contribution in [0.3, 0.4) is 0 Å². The predicted molar refractivity (Wildman–Crippen MR) is 148 cm³/mol. The number of aromatic nitrogens is 3. The summed E-state index contributed by atoms with van der Waals surface area (Å²) in [6.45, 7) is 12.2. The second-order valence-electron chi connectivity index (χ2n) is 13.0. The predicted octanol–water partition coefficient (Wildman–Crippen LogP) is 2.89. The van der Waals surface area contributed by atoms with E-state index in [0.717, 1.165) is 18.4 Å². The first kappa shape index (κ1) is 28.4. The van der Waals surface area contributed by atoms with Gasteiger partial charge in [-0.2, -0.15) is 4.98 Å². The molecule has 4 fully saturated rings. The van der Waals surface area contributed by atoms with Gasteiger partial charge in [-0.05, 0) is 75.8 Å². The molecule has 0 radical (unpaired) electrons. The number of rotatable bonds is 8. The van der Waals surface area contributed by atoms with Gasteiger partial charge in [0.15, 0.2) is 0 Å². The highest BCUT2D eigenvalue weighted by Gasteiger charge is 2.68. The van der Waals surface area contributed by atoms with Crippen LogP contribution in [-0.4, -0.2) is 64.5 Å². The molecule has 11 nitrogen and oxygen atoms in total. The Bertz CT molecular complexity index is 1290. The monoisotopic (exact) mass is 553 g/mol. The zero-order valence-electron chi connectivity index (χ0n) is 24.4. The van der Waals surface area contributed by atoms with E-state index < -0.39 is 30.2 Å². The summed E-state index contributed by atoms with van der Waals surface area (Å²) in [5, 5.41) is 9.57. The molecule has 40 heavy (non-hydrogen) atoms.